The van der Waals surface area contributed by atoms with Crippen LogP contribution in [0.1, 0.15) is 11.1 Å². The van der Waals surface area contributed by atoms with Crippen molar-refractivity contribution >= 4 is 11.3 Å². The molecule has 2 rings (SSSR count). The second-order valence-electron chi connectivity index (χ2n) is 2.81. The number of hydrogen-bond donors (Lipinski definition) is 0. The first-order valence-electron chi connectivity index (χ1n) is 4.11. The van der Waals surface area contributed by atoms with Crippen LogP contribution in [-0.2, 0) is 0 Å². The van der Waals surface area contributed by atoms with E-state index in [0.717, 1.165) is 11.3 Å². The minimum atomic E-state index is 0.378. The Bertz CT molecular complexity index is 559. The maximum atomic E-state index is 8.84. The van der Waals surface area contributed by atoms with E-state index in [2.05, 4.69) is 10.5 Å². The van der Waals surface area contributed by atoms with Gasteiger partial charge in [0.2, 0.25) is 0 Å². The van der Waals surface area contributed by atoms with Crippen molar-refractivity contribution in [1.29, 1.82) is 10.5 Å². The van der Waals surface area contributed by atoms with Gasteiger partial charge in [-0.15, -0.1) is 11.3 Å². The number of rotatable bonds is 1. The van der Waals surface area contributed by atoms with Crippen molar-refractivity contribution in [3.05, 3.63) is 40.2 Å². The molecule has 0 fully saturated rings. The molecule has 0 aliphatic rings. The van der Waals surface area contributed by atoms with Crippen LogP contribution < -0.4 is 0 Å². The summed E-state index contributed by atoms with van der Waals surface area (Å²) in [4.78, 5) is 4.02. The molecular weight excluding hydrogens is 206 g/mol. The summed E-state index contributed by atoms with van der Waals surface area (Å²) in [6.45, 7) is 0. The predicted molar refractivity (Wildman–Crippen MR) is 55.8 cm³/mol. The largest absolute Gasteiger partial charge is 0.233 e. The molecule has 0 amide bonds. The molecular formula is C11H4N3S. The maximum Gasteiger partial charge on any atom is 0.152 e. The lowest BCUT2D eigenvalue weighted by atomic mass is 10.0. The van der Waals surface area contributed by atoms with Crippen LogP contribution in [0.15, 0.2) is 23.6 Å². The molecule has 1 heterocycles. The van der Waals surface area contributed by atoms with Gasteiger partial charge in [-0.1, -0.05) is 6.07 Å². The first kappa shape index (κ1) is 9.39. The molecule has 0 N–H and O–H groups in total. The molecule has 0 aliphatic heterocycles. The third-order valence-electron chi connectivity index (χ3n) is 1.95. The molecule has 0 saturated heterocycles. The Morgan fingerprint density at radius 2 is 2.00 bits per heavy atom. The summed E-state index contributed by atoms with van der Waals surface area (Å²) in [5.41, 5.74) is 5.12. The van der Waals surface area contributed by atoms with Crippen molar-refractivity contribution < 1.29 is 0 Å². The average molecular weight is 210 g/mol. The molecule has 0 aliphatic carbocycles. The molecule has 4 heteroatoms. The number of nitrogens with zero attached hydrogens (tertiary/aromatic N) is 3. The molecule has 0 saturated carbocycles. The Morgan fingerprint density at radius 3 is 2.60 bits per heavy atom. The van der Waals surface area contributed by atoms with Gasteiger partial charge in [-0.2, -0.15) is 10.5 Å². The molecule has 1 aromatic heterocycles. The van der Waals surface area contributed by atoms with Gasteiger partial charge < -0.3 is 0 Å². The Kier molecular flexibility index (Phi) is 2.45. The van der Waals surface area contributed by atoms with Crippen LogP contribution in [0.4, 0.5) is 0 Å². The van der Waals surface area contributed by atoms with Gasteiger partial charge in [0.05, 0.1) is 16.8 Å². The van der Waals surface area contributed by atoms with Crippen LogP contribution in [0.25, 0.3) is 11.3 Å². The highest BCUT2D eigenvalue weighted by molar-refractivity contribution is 7.07. The molecule has 0 spiro atoms. The van der Waals surface area contributed by atoms with E-state index in [1.54, 1.807) is 18.2 Å². The van der Waals surface area contributed by atoms with Crippen molar-refractivity contribution in [3.63, 3.8) is 0 Å². The van der Waals surface area contributed by atoms with E-state index in [4.69, 9.17) is 10.5 Å². The minimum Gasteiger partial charge on any atom is -0.233 e. The van der Waals surface area contributed by atoms with E-state index in [9.17, 15) is 0 Å². The average Bonchev–Trinajstić information content (AvgIpc) is 2.81. The van der Waals surface area contributed by atoms with E-state index in [-0.39, 0.29) is 0 Å². The second-order valence-corrected chi connectivity index (χ2v) is 3.46. The fraction of sp³-hybridized carbons (Fsp3) is 0. The van der Waals surface area contributed by atoms with Crippen LogP contribution in [0, 0.1) is 28.2 Å². The van der Waals surface area contributed by atoms with Crippen LogP contribution in [0.3, 0.4) is 0 Å². The Balaban J connectivity index is 2.56. The second kappa shape index (κ2) is 3.91. The van der Waals surface area contributed by atoms with Crippen molar-refractivity contribution in [1.82, 2.24) is 4.98 Å². The summed E-state index contributed by atoms with van der Waals surface area (Å²) in [7, 11) is 0. The summed E-state index contributed by atoms with van der Waals surface area (Å²) in [6, 6.07) is 9.04. The highest BCUT2D eigenvalue weighted by Gasteiger charge is 2.05. The van der Waals surface area contributed by atoms with Crippen molar-refractivity contribution in [3.8, 4) is 23.4 Å². The minimum absolute atomic E-state index is 0.378. The molecule has 2 aromatic rings. The third-order valence-corrected chi connectivity index (χ3v) is 2.48. The summed E-state index contributed by atoms with van der Waals surface area (Å²) in [5.74, 6) is 0. The zero-order valence-electron chi connectivity index (χ0n) is 7.56. The van der Waals surface area contributed by atoms with Gasteiger partial charge in [0.1, 0.15) is 12.1 Å². The van der Waals surface area contributed by atoms with E-state index in [1.165, 1.54) is 11.3 Å². The SMILES string of the molecule is N#Cc1ccc(-c2cs[c]n2)cc1C#N. The lowest BCUT2D eigenvalue weighted by Crippen LogP contribution is -1.85. The molecule has 0 bridgehead atoms. The van der Waals surface area contributed by atoms with Gasteiger partial charge in [-0.05, 0) is 12.1 Å². The van der Waals surface area contributed by atoms with Gasteiger partial charge in [-0.25, -0.2) is 4.98 Å². The quantitative estimate of drug-likeness (QED) is 0.725. The van der Waals surface area contributed by atoms with E-state index in [0.29, 0.717) is 11.1 Å². The van der Waals surface area contributed by atoms with Crippen LogP contribution >= 0.6 is 11.3 Å². The Hall–Kier alpha value is -2.17. The lowest BCUT2D eigenvalue weighted by molar-refractivity contribution is 1.38. The van der Waals surface area contributed by atoms with Crippen molar-refractivity contribution in [2.45, 2.75) is 0 Å². The first-order valence-corrected chi connectivity index (χ1v) is 4.99. The summed E-state index contributed by atoms with van der Waals surface area (Å²) in [5, 5.41) is 19.4. The monoisotopic (exact) mass is 210 g/mol. The molecule has 0 unspecified atom stereocenters. The van der Waals surface area contributed by atoms with Gasteiger partial charge in [0, 0.05) is 10.9 Å². The molecule has 1 radical (unpaired) electrons. The summed E-state index contributed by atoms with van der Waals surface area (Å²) < 4.78 is 0. The third kappa shape index (κ3) is 1.71. The fourth-order valence-electron chi connectivity index (χ4n) is 1.21. The van der Waals surface area contributed by atoms with Crippen LogP contribution in [-0.4, -0.2) is 4.98 Å². The van der Waals surface area contributed by atoms with Gasteiger partial charge in [-0.3, -0.25) is 0 Å². The number of thiazole rings is 1. The van der Waals surface area contributed by atoms with Crippen LogP contribution in [0.2, 0.25) is 0 Å². The fourth-order valence-corrected chi connectivity index (χ4v) is 1.71. The highest BCUT2D eigenvalue weighted by atomic mass is 32.1. The molecule has 1 aromatic carbocycles. The van der Waals surface area contributed by atoms with Crippen LogP contribution in [0.5, 0.6) is 0 Å². The molecule has 3 nitrogen and oxygen atoms in total. The van der Waals surface area contributed by atoms with Gasteiger partial charge >= 0.3 is 0 Å². The number of hydrogen-bond acceptors (Lipinski definition) is 4. The van der Waals surface area contributed by atoms with Gasteiger partial charge in [0.25, 0.3) is 0 Å². The Labute approximate surface area is 90.9 Å². The van der Waals surface area contributed by atoms with Crippen molar-refractivity contribution in [2.24, 2.45) is 0 Å². The normalized spacial score (nSPS) is 9.20. The predicted octanol–water partition coefficient (Wildman–Crippen LogP) is 2.35. The molecule has 15 heavy (non-hydrogen) atoms. The highest BCUT2D eigenvalue weighted by Crippen LogP contribution is 2.21. The smallest absolute Gasteiger partial charge is 0.152 e. The number of nitriles is 2. The maximum absolute atomic E-state index is 8.84. The number of benzene rings is 1. The Morgan fingerprint density at radius 1 is 1.20 bits per heavy atom. The first-order chi connectivity index (χ1) is 7.35. The zero-order valence-corrected chi connectivity index (χ0v) is 8.38. The molecule has 0 atom stereocenters. The van der Waals surface area contributed by atoms with E-state index >= 15 is 0 Å². The standard InChI is InChI=1S/C11H4N3S/c12-4-9-2-1-8(3-10(9)5-13)11-6-15-7-14-11/h1-3,6H. The van der Waals surface area contributed by atoms with Crippen molar-refractivity contribution in [2.75, 3.05) is 0 Å². The lowest BCUT2D eigenvalue weighted by Gasteiger charge is -1.98. The van der Waals surface area contributed by atoms with E-state index in [1.807, 2.05) is 17.5 Å². The topological polar surface area (TPSA) is 60.5 Å². The van der Waals surface area contributed by atoms with Gasteiger partial charge in [0.15, 0.2) is 5.51 Å². The zero-order chi connectivity index (χ0) is 10.7. The molecule has 69 valence electrons. The van der Waals surface area contributed by atoms with E-state index < -0.39 is 0 Å². The summed E-state index contributed by atoms with van der Waals surface area (Å²) >= 11 is 1.37. The summed E-state index contributed by atoms with van der Waals surface area (Å²) in [6.07, 6.45) is 0. The number of aromatic nitrogens is 1.